The first-order valence-corrected chi connectivity index (χ1v) is 3.40. The Morgan fingerprint density at radius 1 is 1.62 bits per heavy atom. The zero-order valence-electron chi connectivity index (χ0n) is 4.59. The topological polar surface area (TPSA) is 54.4 Å². The van der Waals surface area contributed by atoms with Crippen LogP contribution in [0, 0.1) is 0 Å². The van der Waals surface area contributed by atoms with Gasteiger partial charge in [-0.05, 0) is 6.42 Å². The second-order valence-corrected chi connectivity index (χ2v) is 2.32. The smallest absolute Gasteiger partial charge is 0.240 e. The van der Waals surface area contributed by atoms with Crippen molar-refractivity contribution in [3.05, 3.63) is 0 Å². The number of hydrogen-bond acceptors (Lipinski definition) is 2. The van der Waals surface area contributed by atoms with E-state index in [0.717, 1.165) is 0 Å². The fourth-order valence-corrected chi connectivity index (χ4v) is 0.668. The summed E-state index contributed by atoms with van der Waals surface area (Å²) in [6, 6.07) is 0. The van der Waals surface area contributed by atoms with Crippen LogP contribution in [0.15, 0.2) is 0 Å². The number of rotatable bonds is 2. The van der Waals surface area contributed by atoms with Crippen LogP contribution in [0.3, 0.4) is 0 Å². The Morgan fingerprint density at radius 2 is 2.12 bits per heavy atom. The van der Waals surface area contributed by atoms with Gasteiger partial charge in [0.2, 0.25) is 10.3 Å². The summed E-state index contributed by atoms with van der Waals surface area (Å²) < 4.78 is 19.6. The Balaban J connectivity index is 4.03. The number of hydrogen-bond donors (Lipinski definition) is 1. The van der Waals surface area contributed by atoms with E-state index in [9.17, 15) is 8.42 Å². The van der Waals surface area contributed by atoms with Crippen molar-refractivity contribution < 1.29 is 13.5 Å². The molecule has 48 valence electrons. The summed E-state index contributed by atoms with van der Waals surface area (Å²) >= 11 is 0. The van der Waals surface area contributed by atoms with E-state index < -0.39 is 15.3 Å². The van der Waals surface area contributed by atoms with Gasteiger partial charge in [0.25, 0.3) is 0 Å². The predicted molar refractivity (Wildman–Crippen MR) is 31.5 cm³/mol. The molecule has 0 amide bonds. The fourth-order valence-electron chi connectivity index (χ4n) is 0.297. The summed E-state index contributed by atoms with van der Waals surface area (Å²) in [4.78, 5) is 0. The molecule has 0 rings (SSSR count). The van der Waals surface area contributed by atoms with Crippen molar-refractivity contribution in [2.45, 2.75) is 19.8 Å². The summed E-state index contributed by atoms with van der Waals surface area (Å²) in [6.45, 7) is 1.79. The molecule has 0 aliphatic carbocycles. The molecule has 8 heavy (non-hydrogen) atoms. The molecule has 0 radical (unpaired) electrons. The lowest BCUT2D eigenvalue weighted by Crippen LogP contribution is -1.94. The lowest BCUT2D eigenvalue weighted by atomic mass is 10.4. The highest BCUT2D eigenvalue weighted by atomic mass is 32.2. The van der Waals surface area contributed by atoms with Crippen LogP contribution >= 0.6 is 0 Å². The molecule has 0 saturated heterocycles. The quantitative estimate of drug-likeness (QED) is 0.557. The van der Waals surface area contributed by atoms with Crippen LogP contribution in [-0.4, -0.2) is 18.6 Å². The van der Waals surface area contributed by atoms with Gasteiger partial charge in [0.15, 0.2) is 5.05 Å². The molecule has 0 aromatic rings. The standard InChI is InChI=1S/C4H8O3S/c1-2-3-4(5)8(6)7/h5H,2-3H2,1H3. The average molecular weight is 136 g/mol. The van der Waals surface area contributed by atoms with Crippen molar-refractivity contribution in [1.82, 2.24) is 0 Å². The molecule has 3 nitrogen and oxygen atoms in total. The summed E-state index contributed by atoms with van der Waals surface area (Å²) in [5.74, 6) is 0. The molecule has 0 bridgehead atoms. The third kappa shape index (κ3) is 2.76. The van der Waals surface area contributed by atoms with Crippen molar-refractivity contribution in [3.8, 4) is 0 Å². The van der Waals surface area contributed by atoms with E-state index in [1.807, 2.05) is 0 Å². The molecule has 0 aromatic heterocycles. The number of aliphatic hydroxyl groups is 1. The van der Waals surface area contributed by atoms with E-state index in [1.54, 1.807) is 6.92 Å². The zero-order chi connectivity index (χ0) is 6.57. The minimum absolute atomic E-state index is 0.246. The van der Waals surface area contributed by atoms with Crippen LogP contribution in [0.5, 0.6) is 0 Å². The average Bonchev–Trinajstić information content (AvgIpc) is 1.67. The Labute approximate surface area is 49.5 Å². The van der Waals surface area contributed by atoms with Crippen molar-refractivity contribution in [3.63, 3.8) is 0 Å². The van der Waals surface area contributed by atoms with E-state index in [0.29, 0.717) is 6.42 Å². The van der Waals surface area contributed by atoms with Gasteiger partial charge in [0.1, 0.15) is 0 Å². The molecule has 0 spiro atoms. The summed E-state index contributed by atoms with van der Waals surface area (Å²) in [5.41, 5.74) is 0. The van der Waals surface area contributed by atoms with Crippen LogP contribution in [0.1, 0.15) is 19.8 Å². The van der Waals surface area contributed by atoms with Gasteiger partial charge in [-0.25, -0.2) is 0 Å². The van der Waals surface area contributed by atoms with Crippen molar-refractivity contribution in [2.24, 2.45) is 0 Å². The maximum absolute atomic E-state index is 9.80. The SMILES string of the molecule is CCCC(O)=S(=O)=O. The Hall–Kier alpha value is -0.350. The van der Waals surface area contributed by atoms with E-state index in [1.165, 1.54) is 0 Å². The molecule has 0 fully saturated rings. The predicted octanol–water partition coefficient (Wildman–Crippen LogP) is 0.354. The zero-order valence-corrected chi connectivity index (χ0v) is 5.40. The number of aliphatic hydroxyl groups excluding tert-OH is 1. The van der Waals surface area contributed by atoms with Gasteiger partial charge in [0.05, 0.1) is 0 Å². The molecule has 0 aromatic carbocycles. The van der Waals surface area contributed by atoms with Gasteiger partial charge in [0, 0.05) is 6.42 Å². The largest absolute Gasteiger partial charge is 0.351 e. The minimum Gasteiger partial charge on any atom is -0.351 e. The molecular weight excluding hydrogens is 128 g/mol. The third-order valence-electron chi connectivity index (χ3n) is 0.656. The second kappa shape index (κ2) is 3.63. The monoisotopic (exact) mass is 136 g/mol. The first-order valence-electron chi connectivity index (χ1n) is 2.32. The fraction of sp³-hybridized carbons (Fsp3) is 0.750. The third-order valence-corrected chi connectivity index (χ3v) is 1.25. The van der Waals surface area contributed by atoms with Crippen LogP contribution in [0.4, 0.5) is 0 Å². The lowest BCUT2D eigenvalue weighted by Gasteiger charge is -1.83. The normalized spacial score (nSPS) is 8.75. The van der Waals surface area contributed by atoms with Gasteiger partial charge < -0.3 is 5.11 Å². The molecule has 4 heteroatoms. The Morgan fingerprint density at radius 3 is 2.25 bits per heavy atom. The second-order valence-electron chi connectivity index (χ2n) is 1.38. The first kappa shape index (κ1) is 7.65. The van der Waals surface area contributed by atoms with E-state index in [4.69, 9.17) is 5.11 Å². The van der Waals surface area contributed by atoms with Gasteiger partial charge >= 0.3 is 0 Å². The molecule has 0 unspecified atom stereocenters. The molecule has 0 aliphatic heterocycles. The van der Waals surface area contributed by atoms with Gasteiger partial charge in [-0.2, -0.15) is 8.42 Å². The summed E-state index contributed by atoms with van der Waals surface area (Å²) in [7, 11) is -2.39. The molecule has 0 heterocycles. The highest BCUT2D eigenvalue weighted by molar-refractivity contribution is 7.72. The highest BCUT2D eigenvalue weighted by Gasteiger charge is 1.89. The van der Waals surface area contributed by atoms with E-state index in [-0.39, 0.29) is 6.42 Å². The lowest BCUT2D eigenvalue weighted by molar-refractivity contribution is 0.538. The van der Waals surface area contributed by atoms with Gasteiger partial charge in [-0.1, -0.05) is 6.92 Å². The summed E-state index contributed by atoms with van der Waals surface area (Å²) in [5, 5.41) is 7.98. The Bertz CT molecular complexity index is 169. The van der Waals surface area contributed by atoms with Crippen LogP contribution in [0.25, 0.3) is 0 Å². The van der Waals surface area contributed by atoms with E-state index in [2.05, 4.69) is 0 Å². The molecule has 0 aliphatic rings. The van der Waals surface area contributed by atoms with E-state index >= 15 is 0 Å². The van der Waals surface area contributed by atoms with Crippen molar-refractivity contribution >= 4 is 15.3 Å². The first-order chi connectivity index (χ1) is 3.68. The highest BCUT2D eigenvalue weighted by Crippen LogP contribution is 1.84. The van der Waals surface area contributed by atoms with Crippen LogP contribution in [0.2, 0.25) is 0 Å². The summed E-state index contributed by atoms with van der Waals surface area (Å²) in [6.07, 6.45) is 0.899. The Kier molecular flexibility index (Phi) is 3.47. The minimum atomic E-state index is -2.39. The molecule has 0 atom stereocenters. The van der Waals surface area contributed by atoms with Gasteiger partial charge in [-0.15, -0.1) is 0 Å². The molecule has 1 N–H and O–H groups in total. The van der Waals surface area contributed by atoms with Crippen LogP contribution < -0.4 is 0 Å². The van der Waals surface area contributed by atoms with Crippen LogP contribution in [-0.2, 0) is 10.3 Å². The molecule has 0 saturated carbocycles. The maximum atomic E-state index is 9.80. The van der Waals surface area contributed by atoms with Crippen molar-refractivity contribution in [1.29, 1.82) is 0 Å². The maximum Gasteiger partial charge on any atom is 0.240 e. The van der Waals surface area contributed by atoms with Gasteiger partial charge in [-0.3, -0.25) is 0 Å². The molecular formula is C4H8O3S. The van der Waals surface area contributed by atoms with Crippen molar-refractivity contribution in [2.75, 3.05) is 0 Å².